The summed E-state index contributed by atoms with van der Waals surface area (Å²) in [5.74, 6) is -0.377. The number of halogens is 1. The molecule has 34 heavy (non-hydrogen) atoms. The number of benzene rings is 1. The molecule has 9 heteroatoms. The minimum absolute atomic E-state index is 0.102. The number of aromatic nitrogens is 1. The van der Waals surface area contributed by atoms with Gasteiger partial charge in [0.05, 0.1) is 23.2 Å². The average Bonchev–Trinajstić information content (AvgIpc) is 2.86. The molecule has 1 saturated heterocycles. The van der Waals surface area contributed by atoms with Crippen LogP contribution in [0.25, 0.3) is 10.9 Å². The van der Waals surface area contributed by atoms with Gasteiger partial charge in [-0.2, -0.15) is 0 Å². The average molecular weight is 487 g/mol. The minimum atomic E-state index is -0.453. The summed E-state index contributed by atoms with van der Waals surface area (Å²) in [5.41, 5.74) is 3.35. The Bertz CT molecular complexity index is 1110. The second-order valence-electron chi connectivity index (χ2n) is 8.88. The van der Waals surface area contributed by atoms with Crippen molar-refractivity contribution in [1.82, 2.24) is 20.1 Å². The first-order valence-electron chi connectivity index (χ1n) is 12.0. The van der Waals surface area contributed by atoms with Crippen LogP contribution < -0.4 is 5.32 Å². The fraction of sp³-hybridized carbons (Fsp3) is 0.520. The van der Waals surface area contributed by atoms with E-state index in [4.69, 9.17) is 21.3 Å². The highest BCUT2D eigenvalue weighted by Gasteiger charge is 2.35. The Morgan fingerprint density at radius 2 is 2.00 bits per heavy atom. The Morgan fingerprint density at radius 1 is 1.21 bits per heavy atom. The summed E-state index contributed by atoms with van der Waals surface area (Å²) >= 11 is 6.69. The highest BCUT2D eigenvalue weighted by atomic mass is 35.5. The summed E-state index contributed by atoms with van der Waals surface area (Å²) in [4.78, 5) is 46.2. The van der Waals surface area contributed by atoms with Gasteiger partial charge >= 0.3 is 6.09 Å². The normalized spacial score (nSPS) is 17.9. The largest absolute Gasteiger partial charge is 0.449 e. The van der Waals surface area contributed by atoms with Crippen LogP contribution in [-0.4, -0.2) is 72.0 Å². The molecule has 1 fully saturated rings. The number of fused-ring (bicyclic) bond motifs is 2. The van der Waals surface area contributed by atoms with E-state index in [2.05, 4.69) is 5.32 Å². The van der Waals surface area contributed by atoms with Crippen molar-refractivity contribution in [2.45, 2.75) is 51.5 Å². The van der Waals surface area contributed by atoms with Crippen LogP contribution in [0, 0.1) is 0 Å². The number of piperazine rings is 1. The lowest BCUT2D eigenvalue weighted by Gasteiger charge is -2.40. The monoisotopic (exact) mass is 486 g/mol. The SMILES string of the molecule is CCCOC(=O)N1CCN(C(=O)c2ccc3c(Cl)c4c(nc3c2)CCCC4)C(CC(=O)NC)C1. The Morgan fingerprint density at radius 3 is 2.76 bits per heavy atom. The Labute approximate surface area is 204 Å². The summed E-state index contributed by atoms with van der Waals surface area (Å²) in [5, 5.41) is 4.20. The minimum Gasteiger partial charge on any atom is -0.449 e. The summed E-state index contributed by atoms with van der Waals surface area (Å²) < 4.78 is 5.26. The van der Waals surface area contributed by atoms with E-state index in [-0.39, 0.29) is 24.8 Å². The number of hydrogen-bond acceptors (Lipinski definition) is 5. The number of carbonyl (C=O) groups excluding carboxylic acids is 3. The van der Waals surface area contributed by atoms with Gasteiger partial charge in [-0.05, 0) is 49.8 Å². The molecule has 1 N–H and O–H groups in total. The number of nitrogens with one attached hydrogen (secondary N) is 1. The third kappa shape index (κ3) is 4.97. The lowest BCUT2D eigenvalue weighted by Crippen LogP contribution is -2.57. The predicted molar refractivity (Wildman–Crippen MR) is 130 cm³/mol. The van der Waals surface area contributed by atoms with Crippen LogP contribution in [0.3, 0.4) is 0 Å². The number of rotatable bonds is 5. The Hall–Kier alpha value is -2.87. The number of ether oxygens (including phenoxy) is 1. The zero-order valence-electron chi connectivity index (χ0n) is 19.7. The zero-order chi connectivity index (χ0) is 24.2. The molecule has 0 spiro atoms. The number of aryl methyl sites for hydroxylation is 1. The molecule has 1 aromatic heterocycles. The highest BCUT2D eigenvalue weighted by molar-refractivity contribution is 6.36. The number of hydrogen-bond donors (Lipinski definition) is 1. The Kier molecular flexibility index (Phi) is 7.56. The second kappa shape index (κ2) is 10.6. The van der Waals surface area contributed by atoms with Crippen LogP contribution in [0.4, 0.5) is 4.79 Å². The van der Waals surface area contributed by atoms with Gasteiger partial charge in [-0.25, -0.2) is 4.79 Å². The molecule has 2 heterocycles. The van der Waals surface area contributed by atoms with Crippen LogP contribution in [0.15, 0.2) is 18.2 Å². The first kappa shape index (κ1) is 24.3. The third-order valence-electron chi connectivity index (χ3n) is 6.57. The lowest BCUT2D eigenvalue weighted by atomic mass is 9.94. The van der Waals surface area contributed by atoms with Crippen molar-refractivity contribution in [3.05, 3.63) is 40.0 Å². The summed E-state index contributed by atoms with van der Waals surface area (Å²) in [7, 11) is 1.56. The highest BCUT2D eigenvalue weighted by Crippen LogP contribution is 2.33. The van der Waals surface area contributed by atoms with Gasteiger partial charge in [-0.3, -0.25) is 14.6 Å². The topological polar surface area (TPSA) is 91.8 Å². The molecular formula is C25H31ClN4O4. The van der Waals surface area contributed by atoms with Crippen molar-refractivity contribution < 1.29 is 19.1 Å². The fourth-order valence-electron chi connectivity index (χ4n) is 4.73. The molecule has 8 nitrogen and oxygen atoms in total. The lowest BCUT2D eigenvalue weighted by molar-refractivity contribution is -0.122. The van der Waals surface area contributed by atoms with E-state index in [0.717, 1.165) is 53.8 Å². The number of pyridine rings is 1. The molecule has 1 atom stereocenters. The third-order valence-corrected chi connectivity index (χ3v) is 7.00. The molecule has 2 aromatic rings. The fourth-order valence-corrected chi connectivity index (χ4v) is 5.09. The maximum Gasteiger partial charge on any atom is 0.409 e. The first-order valence-corrected chi connectivity index (χ1v) is 12.3. The second-order valence-corrected chi connectivity index (χ2v) is 9.26. The smallest absolute Gasteiger partial charge is 0.409 e. The van der Waals surface area contributed by atoms with Gasteiger partial charge in [0, 0.05) is 49.7 Å². The van der Waals surface area contributed by atoms with Crippen LogP contribution in [0.1, 0.15) is 54.2 Å². The molecule has 0 radical (unpaired) electrons. The van der Waals surface area contributed by atoms with Crippen LogP contribution in [0.2, 0.25) is 5.02 Å². The summed E-state index contributed by atoms with van der Waals surface area (Å²) in [6, 6.07) is 4.97. The zero-order valence-corrected chi connectivity index (χ0v) is 20.5. The van der Waals surface area contributed by atoms with Crippen LogP contribution in [0.5, 0.6) is 0 Å². The Balaban J connectivity index is 1.59. The van der Waals surface area contributed by atoms with E-state index in [1.165, 1.54) is 0 Å². The molecule has 182 valence electrons. The van der Waals surface area contributed by atoms with E-state index in [9.17, 15) is 14.4 Å². The van der Waals surface area contributed by atoms with Gasteiger partial charge < -0.3 is 19.9 Å². The van der Waals surface area contributed by atoms with Crippen LogP contribution >= 0.6 is 11.6 Å². The molecule has 1 aliphatic carbocycles. The molecule has 1 aliphatic heterocycles. The molecule has 3 amide bonds. The van der Waals surface area contributed by atoms with E-state index < -0.39 is 12.1 Å². The van der Waals surface area contributed by atoms with E-state index in [0.29, 0.717) is 30.8 Å². The van der Waals surface area contributed by atoms with Crippen molar-refractivity contribution in [2.24, 2.45) is 0 Å². The van der Waals surface area contributed by atoms with E-state index >= 15 is 0 Å². The summed E-state index contributed by atoms with van der Waals surface area (Å²) in [6.45, 7) is 3.18. The van der Waals surface area contributed by atoms with Gasteiger partial charge in [0.25, 0.3) is 5.91 Å². The standard InChI is InChI=1S/C25H31ClN4O4/c1-3-12-34-25(33)29-10-11-30(17(15-29)14-22(31)27-2)24(32)16-8-9-19-21(13-16)28-20-7-5-4-6-18(20)23(19)26/h8-9,13,17H,3-7,10-12,14-15H2,1-2H3,(H,27,31). The summed E-state index contributed by atoms with van der Waals surface area (Å²) in [6.07, 6.45) is 4.45. The maximum absolute atomic E-state index is 13.5. The molecule has 4 rings (SSSR count). The first-order chi connectivity index (χ1) is 16.4. The van der Waals surface area contributed by atoms with Crippen molar-refractivity contribution in [3.63, 3.8) is 0 Å². The van der Waals surface area contributed by atoms with Gasteiger partial charge in [0.1, 0.15) is 0 Å². The quantitative estimate of drug-likeness (QED) is 0.697. The predicted octanol–water partition coefficient (Wildman–Crippen LogP) is 3.58. The molecule has 1 aromatic carbocycles. The van der Waals surface area contributed by atoms with E-state index in [1.807, 2.05) is 13.0 Å². The van der Waals surface area contributed by atoms with Crippen molar-refractivity contribution in [3.8, 4) is 0 Å². The van der Waals surface area contributed by atoms with Gasteiger partial charge in [0.15, 0.2) is 0 Å². The maximum atomic E-state index is 13.5. The van der Waals surface area contributed by atoms with E-state index in [1.54, 1.807) is 29.0 Å². The molecular weight excluding hydrogens is 456 g/mol. The van der Waals surface area contributed by atoms with Gasteiger partial charge in [0.2, 0.25) is 5.91 Å². The van der Waals surface area contributed by atoms with Crippen molar-refractivity contribution >= 4 is 40.4 Å². The number of amides is 3. The van der Waals surface area contributed by atoms with Crippen LogP contribution in [-0.2, 0) is 22.4 Å². The molecule has 1 unspecified atom stereocenters. The number of nitrogens with zero attached hydrogens (tertiary/aromatic N) is 3. The number of carbonyl (C=O) groups is 3. The molecule has 2 aliphatic rings. The van der Waals surface area contributed by atoms with Gasteiger partial charge in [-0.1, -0.05) is 24.6 Å². The van der Waals surface area contributed by atoms with Gasteiger partial charge in [-0.15, -0.1) is 0 Å². The van der Waals surface area contributed by atoms with Crippen molar-refractivity contribution in [2.75, 3.05) is 33.3 Å². The van der Waals surface area contributed by atoms with Crippen molar-refractivity contribution in [1.29, 1.82) is 0 Å². The molecule has 0 bridgehead atoms. The molecule has 0 saturated carbocycles.